The molecule has 0 aromatic rings. The summed E-state index contributed by atoms with van der Waals surface area (Å²) >= 11 is 0. The molecule has 1 atom stereocenters. The minimum atomic E-state index is -0.755. The van der Waals surface area contributed by atoms with Crippen LogP contribution in [0.25, 0.3) is 0 Å². The lowest BCUT2D eigenvalue weighted by atomic mass is 9.94. The Labute approximate surface area is 115 Å². The van der Waals surface area contributed by atoms with Gasteiger partial charge >= 0.3 is 5.97 Å². The summed E-state index contributed by atoms with van der Waals surface area (Å²) in [5, 5.41) is 11.5. The molecule has 0 aliphatic carbocycles. The van der Waals surface area contributed by atoms with Gasteiger partial charge in [0.1, 0.15) is 0 Å². The van der Waals surface area contributed by atoms with Gasteiger partial charge in [-0.25, -0.2) is 0 Å². The van der Waals surface area contributed by atoms with Gasteiger partial charge in [0, 0.05) is 24.9 Å². The maximum atomic E-state index is 11.6. The molecular weight excluding hydrogens is 244 g/mol. The molecule has 0 aliphatic rings. The molecule has 0 rings (SSSR count). The molecule has 5 heteroatoms. The largest absolute Gasteiger partial charge is 0.481 e. The first-order chi connectivity index (χ1) is 8.74. The van der Waals surface area contributed by atoms with Gasteiger partial charge in [-0.05, 0) is 32.6 Å². The molecule has 0 heterocycles. The zero-order valence-electron chi connectivity index (χ0n) is 12.4. The number of carbonyl (C=O) groups excluding carboxylic acids is 1. The Hall–Kier alpha value is -1.10. The quantitative estimate of drug-likeness (QED) is 0.566. The van der Waals surface area contributed by atoms with Gasteiger partial charge in [-0.2, -0.15) is 0 Å². The smallest absolute Gasteiger partial charge is 0.303 e. The SMILES string of the molecule is CCCC(CCNC(=O)CC(C)(C)N)CCC(=O)O. The number of hydrogen-bond acceptors (Lipinski definition) is 3. The number of nitrogens with one attached hydrogen (secondary N) is 1. The average Bonchev–Trinajstić information content (AvgIpc) is 2.23. The summed E-state index contributed by atoms with van der Waals surface area (Å²) in [6.07, 6.45) is 4.06. The van der Waals surface area contributed by atoms with E-state index in [-0.39, 0.29) is 12.3 Å². The van der Waals surface area contributed by atoms with Crippen molar-refractivity contribution in [2.24, 2.45) is 11.7 Å². The Balaban J connectivity index is 3.91. The summed E-state index contributed by atoms with van der Waals surface area (Å²) in [4.78, 5) is 22.1. The third kappa shape index (κ3) is 11.7. The van der Waals surface area contributed by atoms with Crippen molar-refractivity contribution in [3.8, 4) is 0 Å². The first-order valence-electron chi connectivity index (χ1n) is 7.02. The van der Waals surface area contributed by atoms with Crippen LogP contribution >= 0.6 is 0 Å². The van der Waals surface area contributed by atoms with Crippen molar-refractivity contribution in [1.82, 2.24) is 5.32 Å². The van der Waals surface area contributed by atoms with E-state index in [4.69, 9.17) is 10.8 Å². The summed E-state index contributed by atoms with van der Waals surface area (Å²) in [7, 11) is 0. The van der Waals surface area contributed by atoms with Crippen LogP contribution in [0.15, 0.2) is 0 Å². The Morgan fingerprint density at radius 3 is 2.37 bits per heavy atom. The maximum absolute atomic E-state index is 11.6. The number of carbonyl (C=O) groups is 2. The lowest BCUT2D eigenvalue weighted by Crippen LogP contribution is -2.39. The molecule has 0 spiro atoms. The Bertz CT molecular complexity index is 285. The molecule has 0 aliphatic heterocycles. The summed E-state index contributed by atoms with van der Waals surface area (Å²) < 4.78 is 0. The highest BCUT2D eigenvalue weighted by Crippen LogP contribution is 2.17. The number of rotatable bonds is 10. The van der Waals surface area contributed by atoms with Crippen molar-refractivity contribution in [3.05, 3.63) is 0 Å². The molecule has 1 unspecified atom stereocenters. The van der Waals surface area contributed by atoms with E-state index < -0.39 is 11.5 Å². The fraction of sp³-hybridized carbons (Fsp3) is 0.857. The third-order valence-corrected chi connectivity index (χ3v) is 2.95. The predicted octanol–water partition coefficient (Wildman–Crippen LogP) is 1.90. The molecule has 112 valence electrons. The standard InChI is InChI=1S/C14H28N2O3/c1-4-5-11(6-7-13(18)19)8-9-16-12(17)10-14(2,3)15/h11H,4-10,15H2,1-3H3,(H,16,17)(H,18,19). The van der Waals surface area contributed by atoms with Crippen LogP contribution in [0.1, 0.15) is 59.3 Å². The zero-order chi connectivity index (χ0) is 14.9. The van der Waals surface area contributed by atoms with Gasteiger partial charge in [0.2, 0.25) is 5.91 Å². The van der Waals surface area contributed by atoms with Crippen LogP contribution in [-0.2, 0) is 9.59 Å². The summed E-state index contributed by atoms with van der Waals surface area (Å²) in [6.45, 7) is 6.32. The van der Waals surface area contributed by atoms with Crippen LogP contribution in [-0.4, -0.2) is 29.1 Å². The molecule has 0 radical (unpaired) electrons. The van der Waals surface area contributed by atoms with Gasteiger partial charge in [-0.1, -0.05) is 19.8 Å². The lowest BCUT2D eigenvalue weighted by Gasteiger charge is -2.19. The Kier molecular flexibility index (Phi) is 8.39. The van der Waals surface area contributed by atoms with E-state index >= 15 is 0 Å². The molecule has 0 aromatic heterocycles. The van der Waals surface area contributed by atoms with Crippen LogP contribution in [0.2, 0.25) is 0 Å². The highest BCUT2D eigenvalue weighted by molar-refractivity contribution is 5.77. The molecule has 0 fully saturated rings. The van der Waals surface area contributed by atoms with Crippen molar-refractivity contribution in [3.63, 3.8) is 0 Å². The Morgan fingerprint density at radius 1 is 1.26 bits per heavy atom. The normalized spacial score (nSPS) is 13.1. The summed E-state index contributed by atoms with van der Waals surface area (Å²) in [5.74, 6) is -0.428. The first-order valence-corrected chi connectivity index (χ1v) is 7.02. The van der Waals surface area contributed by atoms with Crippen LogP contribution in [0, 0.1) is 5.92 Å². The molecular formula is C14H28N2O3. The van der Waals surface area contributed by atoms with Crippen molar-refractivity contribution < 1.29 is 14.7 Å². The zero-order valence-corrected chi connectivity index (χ0v) is 12.4. The van der Waals surface area contributed by atoms with E-state index in [2.05, 4.69) is 12.2 Å². The molecule has 4 N–H and O–H groups in total. The van der Waals surface area contributed by atoms with Crippen LogP contribution in [0.5, 0.6) is 0 Å². The number of hydrogen-bond donors (Lipinski definition) is 3. The second kappa shape index (κ2) is 8.91. The van der Waals surface area contributed by atoms with E-state index in [9.17, 15) is 9.59 Å². The van der Waals surface area contributed by atoms with Crippen molar-refractivity contribution in [2.75, 3.05) is 6.54 Å². The minimum Gasteiger partial charge on any atom is -0.481 e. The summed E-state index contributed by atoms with van der Waals surface area (Å²) in [5.41, 5.74) is 5.28. The monoisotopic (exact) mass is 272 g/mol. The maximum Gasteiger partial charge on any atom is 0.303 e. The van der Waals surface area contributed by atoms with E-state index in [0.29, 0.717) is 25.3 Å². The average molecular weight is 272 g/mol. The van der Waals surface area contributed by atoms with E-state index in [1.807, 2.05) is 13.8 Å². The predicted molar refractivity (Wildman–Crippen MR) is 75.8 cm³/mol. The van der Waals surface area contributed by atoms with Gasteiger partial charge in [0.25, 0.3) is 0 Å². The number of aliphatic carboxylic acids is 1. The van der Waals surface area contributed by atoms with Crippen molar-refractivity contribution in [2.45, 2.75) is 64.8 Å². The van der Waals surface area contributed by atoms with E-state index in [0.717, 1.165) is 19.3 Å². The number of nitrogens with two attached hydrogens (primary N) is 1. The molecule has 5 nitrogen and oxygen atoms in total. The number of carboxylic acids is 1. The lowest BCUT2D eigenvalue weighted by molar-refractivity contribution is -0.137. The summed E-state index contributed by atoms with van der Waals surface area (Å²) in [6, 6.07) is 0. The fourth-order valence-corrected chi connectivity index (χ4v) is 2.06. The topological polar surface area (TPSA) is 92.4 Å². The van der Waals surface area contributed by atoms with Crippen LogP contribution < -0.4 is 11.1 Å². The van der Waals surface area contributed by atoms with E-state index in [1.54, 1.807) is 0 Å². The second-order valence-corrected chi connectivity index (χ2v) is 5.89. The van der Waals surface area contributed by atoms with Crippen molar-refractivity contribution >= 4 is 11.9 Å². The highest BCUT2D eigenvalue weighted by Gasteiger charge is 2.16. The van der Waals surface area contributed by atoms with Gasteiger partial charge in [0.15, 0.2) is 0 Å². The first kappa shape index (κ1) is 17.9. The molecule has 0 saturated heterocycles. The third-order valence-electron chi connectivity index (χ3n) is 2.95. The van der Waals surface area contributed by atoms with Gasteiger partial charge in [-0.15, -0.1) is 0 Å². The van der Waals surface area contributed by atoms with Gasteiger partial charge < -0.3 is 16.2 Å². The fourth-order valence-electron chi connectivity index (χ4n) is 2.06. The number of carboxylic acid groups (broad SMARTS) is 1. The van der Waals surface area contributed by atoms with E-state index in [1.165, 1.54) is 0 Å². The van der Waals surface area contributed by atoms with Gasteiger partial charge in [-0.3, -0.25) is 9.59 Å². The van der Waals surface area contributed by atoms with Crippen molar-refractivity contribution in [1.29, 1.82) is 0 Å². The van der Waals surface area contributed by atoms with Gasteiger partial charge in [0.05, 0.1) is 0 Å². The Morgan fingerprint density at radius 2 is 1.89 bits per heavy atom. The van der Waals surface area contributed by atoms with Crippen LogP contribution in [0.3, 0.4) is 0 Å². The molecule has 0 aromatic carbocycles. The highest BCUT2D eigenvalue weighted by atomic mass is 16.4. The minimum absolute atomic E-state index is 0.0408. The molecule has 19 heavy (non-hydrogen) atoms. The van der Waals surface area contributed by atoms with Crippen LogP contribution in [0.4, 0.5) is 0 Å². The molecule has 0 bridgehead atoms. The molecule has 1 amide bonds. The second-order valence-electron chi connectivity index (χ2n) is 5.89. The number of amides is 1. The molecule has 0 saturated carbocycles.